The number of pyridine rings is 1. The average Bonchev–Trinajstić information content (AvgIpc) is 3.49. The summed E-state index contributed by atoms with van der Waals surface area (Å²) in [6.45, 7) is -2.82. The second-order valence-electron chi connectivity index (χ2n) is 8.53. The van der Waals surface area contributed by atoms with Crippen LogP contribution in [-0.4, -0.2) is 54.4 Å². The molecule has 0 radical (unpaired) electrons. The van der Waals surface area contributed by atoms with Crippen LogP contribution in [0.3, 0.4) is 0 Å². The zero-order chi connectivity index (χ0) is 30.5. The van der Waals surface area contributed by atoms with E-state index in [1.54, 1.807) is 18.2 Å². The lowest BCUT2D eigenvalue weighted by Crippen LogP contribution is -2.41. The van der Waals surface area contributed by atoms with E-state index >= 15 is 0 Å². The Bertz CT molecular complexity index is 1620. The third kappa shape index (κ3) is 7.06. The standard InChI is InChI=1S/C25H19ClF5N7O4/c26-19-11-33-21(34-14-24(27,28)18-7-3-4-9-32-18)22(40)37(19)13-20(39)38(42-23(41)25(29,30)31)12-15-5-1-2-6-16(15)17-8-10-35-36-17/h1-11H,12-14H2,(H,33,34)(H,35,36). The average molecular weight is 612 g/mol. The number of hydroxylamine groups is 2. The van der Waals surface area contributed by atoms with Gasteiger partial charge in [0.2, 0.25) is 0 Å². The van der Waals surface area contributed by atoms with Crippen LogP contribution in [-0.2, 0) is 33.4 Å². The van der Waals surface area contributed by atoms with Gasteiger partial charge < -0.3 is 10.2 Å². The third-order valence-electron chi connectivity index (χ3n) is 5.64. The first-order valence-electron chi connectivity index (χ1n) is 11.8. The smallest absolute Gasteiger partial charge is 0.359 e. The fourth-order valence-corrected chi connectivity index (χ4v) is 3.80. The van der Waals surface area contributed by atoms with E-state index < -0.39 is 65.8 Å². The zero-order valence-electron chi connectivity index (χ0n) is 21.1. The van der Waals surface area contributed by atoms with Crippen molar-refractivity contribution < 1.29 is 36.4 Å². The second-order valence-corrected chi connectivity index (χ2v) is 8.92. The van der Waals surface area contributed by atoms with Gasteiger partial charge in [0.1, 0.15) is 17.4 Å². The molecule has 3 heterocycles. The molecule has 17 heteroatoms. The Kier molecular flexibility index (Phi) is 8.84. The maximum absolute atomic E-state index is 14.5. The molecule has 0 atom stereocenters. The molecule has 0 aliphatic carbocycles. The first kappa shape index (κ1) is 30.1. The Hall–Kier alpha value is -4.86. The van der Waals surface area contributed by atoms with E-state index in [1.807, 2.05) is 0 Å². The van der Waals surface area contributed by atoms with Crippen molar-refractivity contribution in [3.05, 3.63) is 93.9 Å². The number of hydrogen-bond donors (Lipinski definition) is 2. The number of H-pyrrole nitrogens is 1. The van der Waals surface area contributed by atoms with Crippen LogP contribution >= 0.6 is 11.6 Å². The summed E-state index contributed by atoms with van der Waals surface area (Å²) in [6.07, 6.45) is -2.00. The normalized spacial score (nSPS) is 11.7. The summed E-state index contributed by atoms with van der Waals surface area (Å²) < 4.78 is 68.8. The van der Waals surface area contributed by atoms with Gasteiger partial charge in [-0.1, -0.05) is 41.9 Å². The molecule has 0 spiro atoms. The Morgan fingerprint density at radius 3 is 2.43 bits per heavy atom. The minimum absolute atomic E-state index is 0.122. The topological polar surface area (TPSA) is 135 Å². The summed E-state index contributed by atoms with van der Waals surface area (Å²) in [6, 6.07) is 11.6. The highest BCUT2D eigenvalue weighted by atomic mass is 35.5. The monoisotopic (exact) mass is 611 g/mol. The summed E-state index contributed by atoms with van der Waals surface area (Å²) in [7, 11) is 0. The van der Waals surface area contributed by atoms with Crippen LogP contribution in [0.5, 0.6) is 0 Å². The van der Waals surface area contributed by atoms with Crippen LogP contribution in [0.4, 0.5) is 27.8 Å². The first-order valence-corrected chi connectivity index (χ1v) is 12.2. The van der Waals surface area contributed by atoms with Gasteiger partial charge in [-0.15, -0.1) is 0 Å². The molecule has 3 aromatic heterocycles. The number of benzene rings is 1. The van der Waals surface area contributed by atoms with Crippen LogP contribution in [0.1, 0.15) is 11.3 Å². The van der Waals surface area contributed by atoms with Gasteiger partial charge in [0.15, 0.2) is 5.82 Å². The van der Waals surface area contributed by atoms with E-state index in [2.05, 4.69) is 30.3 Å². The van der Waals surface area contributed by atoms with Gasteiger partial charge in [-0.25, -0.2) is 9.78 Å². The minimum atomic E-state index is -5.46. The van der Waals surface area contributed by atoms with Crippen molar-refractivity contribution in [2.24, 2.45) is 0 Å². The van der Waals surface area contributed by atoms with E-state index in [1.165, 1.54) is 30.5 Å². The third-order valence-corrected chi connectivity index (χ3v) is 5.94. The van der Waals surface area contributed by atoms with Crippen LogP contribution < -0.4 is 10.9 Å². The predicted molar refractivity (Wildman–Crippen MR) is 137 cm³/mol. The van der Waals surface area contributed by atoms with Crippen molar-refractivity contribution in [1.29, 1.82) is 0 Å². The first-order chi connectivity index (χ1) is 19.9. The predicted octanol–water partition coefficient (Wildman–Crippen LogP) is 3.94. The molecule has 0 saturated carbocycles. The quantitative estimate of drug-likeness (QED) is 0.215. The van der Waals surface area contributed by atoms with Gasteiger partial charge >= 0.3 is 18.1 Å². The number of carbonyl (C=O) groups excluding carboxylic acids is 2. The molecule has 0 unspecified atom stereocenters. The van der Waals surface area contributed by atoms with Crippen molar-refractivity contribution in [1.82, 2.24) is 29.8 Å². The Morgan fingerprint density at radius 2 is 1.76 bits per heavy atom. The number of anilines is 1. The van der Waals surface area contributed by atoms with E-state index in [0.717, 1.165) is 18.5 Å². The number of alkyl halides is 5. The zero-order valence-corrected chi connectivity index (χ0v) is 21.9. The molecule has 11 nitrogen and oxygen atoms in total. The van der Waals surface area contributed by atoms with Gasteiger partial charge in [0.25, 0.3) is 11.5 Å². The molecule has 2 N–H and O–H groups in total. The number of carbonyl (C=O) groups is 2. The van der Waals surface area contributed by atoms with Crippen LogP contribution in [0.2, 0.25) is 5.15 Å². The highest BCUT2D eigenvalue weighted by molar-refractivity contribution is 6.29. The number of nitrogens with one attached hydrogen (secondary N) is 2. The molecule has 0 aliphatic heterocycles. The summed E-state index contributed by atoms with van der Waals surface area (Å²) >= 11 is 6.01. The molecule has 4 aromatic rings. The molecular weight excluding hydrogens is 593 g/mol. The van der Waals surface area contributed by atoms with Crippen LogP contribution in [0, 0.1) is 0 Å². The molecule has 220 valence electrons. The molecule has 42 heavy (non-hydrogen) atoms. The molecule has 0 fully saturated rings. The molecule has 0 aliphatic rings. The van der Waals surface area contributed by atoms with E-state index in [0.29, 0.717) is 15.8 Å². The van der Waals surface area contributed by atoms with Crippen molar-refractivity contribution in [3.63, 3.8) is 0 Å². The summed E-state index contributed by atoms with van der Waals surface area (Å²) in [5.74, 6) is -8.15. The number of aromatic nitrogens is 5. The lowest BCUT2D eigenvalue weighted by Gasteiger charge is -2.23. The number of rotatable bonds is 9. The largest absolute Gasteiger partial charge is 0.493 e. The lowest BCUT2D eigenvalue weighted by atomic mass is 10.0. The number of aromatic amines is 1. The van der Waals surface area contributed by atoms with Gasteiger partial charge in [0.05, 0.1) is 25.0 Å². The van der Waals surface area contributed by atoms with Gasteiger partial charge in [-0.3, -0.25) is 24.2 Å². The fraction of sp³-hybridized carbons (Fsp3) is 0.200. The van der Waals surface area contributed by atoms with Crippen molar-refractivity contribution >= 4 is 29.3 Å². The molecule has 0 saturated heterocycles. The van der Waals surface area contributed by atoms with Crippen molar-refractivity contribution in [2.45, 2.75) is 25.2 Å². The number of hydrogen-bond acceptors (Lipinski definition) is 8. The van der Waals surface area contributed by atoms with E-state index in [-0.39, 0.29) is 10.6 Å². The Labute approximate surface area is 237 Å². The maximum Gasteiger partial charge on any atom is 0.493 e. The SMILES string of the molecule is O=C(Cn1c(Cl)cnc(NCC(F)(F)c2ccccn2)c1=O)N(Cc1ccccc1-c1ccn[nH]1)OC(=O)C(F)(F)F. The van der Waals surface area contributed by atoms with E-state index in [9.17, 15) is 36.3 Å². The molecule has 4 rings (SSSR count). The van der Waals surface area contributed by atoms with Crippen LogP contribution in [0.15, 0.2) is 71.9 Å². The Morgan fingerprint density at radius 1 is 1.02 bits per heavy atom. The highest BCUT2D eigenvalue weighted by Crippen LogP contribution is 2.27. The fourth-order valence-electron chi connectivity index (χ4n) is 3.62. The summed E-state index contributed by atoms with van der Waals surface area (Å²) in [5, 5.41) is 8.34. The highest BCUT2D eigenvalue weighted by Gasteiger charge is 2.43. The van der Waals surface area contributed by atoms with E-state index in [4.69, 9.17) is 11.6 Å². The van der Waals surface area contributed by atoms with Crippen molar-refractivity contribution in [3.8, 4) is 11.3 Å². The lowest BCUT2D eigenvalue weighted by molar-refractivity contribution is -0.239. The van der Waals surface area contributed by atoms with Gasteiger partial charge in [-0.2, -0.15) is 32.1 Å². The van der Waals surface area contributed by atoms with Crippen LogP contribution in [0.25, 0.3) is 11.3 Å². The minimum Gasteiger partial charge on any atom is -0.359 e. The molecular formula is C25H19ClF5N7O4. The maximum atomic E-state index is 14.5. The summed E-state index contributed by atoms with van der Waals surface area (Å²) in [5.41, 5.74) is -0.605. The van der Waals surface area contributed by atoms with Gasteiger partial charge in [0, 0.05) is 18.0 Å². The molecule has 1 aromatic carbocycles. The molecule has 1 amide bonds. The molecule has 0 bridgehead atoms. The number of halogens is 6. The Balaban J connectivity index is 1.60. The van der Waals surface area contributed by atoms with Gasteiger partial charge in [-0.05, 0) is 23.8 Å². The number of amides is 1. The van der Waals surface area contributed by atoms with Crippen molar-refractivity contribution in [2.75, 3.05) is 11.9 Å². The second kappa shape index (κ2) is 12.3. The summed E-state index contributed by atoms with van der Waals surface area (Å²) in [4.78, 5) is 49.4. The number of nitrogens with zero attached hydrogens (tertiary/aromatic N) is 5.